The maximum Gasteiger partial charge on any atom is 0.0714 e. The highest BCUT2D eigenvalue weighted by atomic mass is 15.1. The topological polar surface area (TPSA) is 8.17 Å². The number of benzene rings is 11. The summed E-state index contributed by atoms with van der Waals surface area (Å²) in [6, 6.07) is 98.1. The van der Waals surface area contributed by atoms with E-state index in [1.54, 1.807) is 0 Å². The second-order valence-corrected chi connectivity index (χ2v) is 17.6. The molecule has 0 N–H and O–H groups in total. The minimum Gasteiger partial charge on any atom is -0.310 e. The van der Waals surface area contributed by atoms with Crippen molar-refractivity contribution >= 4 is 49.6 Å². The summed E-state index contributed by atoms with van der Waals surface area (Å²) in [7, 11) is 0. The molecule has 0 saturated heterocycles. The van der Waals surface area contributed by atoms with Gasteiger partial charge in [0.25, 0.3) is 0 Å². The van der Waals surface area contributed by atoms with Crippen molar-refractivity contribution < 1.29 is 0 Å². The maximum absolute atomic E-state index is 2.46. The van der Waals surface area contributed by atoms with Crippen LogP contribution in [0.2, 0.25) is 0 Å². The van der Waals surface area contributed by atoms with Crippen molar-refractivity contribution in [2.45, 2.75) is 5.41 Å². The van der Waals surface area contributed by atoms with Gasteiger partial charge in [-0.3, -0.25) is 0 Å². The van der Waals surface area contributed by atoms with Crippen LogP contribution in [0, 0.1) is 0 Å². The highest BCUT2D eigenvalue weighted by Gasteiger charge is 2.46. The first-order chi connectivity index (χ1) is 33.2. The Hall–Kier alpha value is -8.72. The van der Waals surface area contributed by atoms with Crippen LogP contribution in [0.5, 0.6) is 0 Å². The highest BCUT2D eigenvalue weighted by Crippen LogP contribution is 2.57. The van der Waals surface area contributed by atoms with E-state index < -0.39 is 5.41 Å². The van der Waals surface area contributed by atoms with E-state index in [9.17, 15) is 0 Å². The first-order valence-electron chi connectivity index (χ1n) is 23.2. The van der Waals surface area contributed by atoms with Gasteiger partial charge in [-0.15, -0.1) is 0 Å². The minimum absolute atomic E-state index is 0.518. The summed E-state index contributed by atoms with van der Waals surface area (Å²) in [5, 5.41) is 4.94. The van der Waals surface area contributed by atoms with E-state index in [1.165, 1.54) is 88.3 Å². The van der Waals surface area contributed by atoms with Crippen LogP contribution in [-0.2, 0) is 5.41 Å². The Kier molecular flexibility index (Phi) is 9.11. The third-order valence-electron chi connectivity index (χ3n) is 14.1. The van der Waals surface area contributed by atoms with Crippen LogP contribution < -0.4 is 4.90 Å². The average molecular weight is 853 g/mol. The molecule has 0 saturated carbocycles. The monoisotopic (exact) mass is 852 g/mol. The lowest BCUT2D eigenvalue weighted by atomic mass is 9.67. The number of hydrogen-bond donors (Lipinski definition) is 0. The fourth-order valence-electron chi connectivity index (χ4n) is 11.1. The molecule has 2 nitrogen and oxygen atoms in total. The Morgan fingerprint density at radius 3 is 1.63 bits per heavy atom. The predicted molar refractivity (Wildman–Crippen MR) is 281 cm³/mol. The van der Waals surface area contributed by atoms with Gasteiger partial charge in [0.2, 0.25) is 0 Å². The van der Waals surface area contributed by atoms with Gasteiger partial charge in [0, 0.05) is 33.2 Å². The van der Waals surface area contributed by atoms with E-state index in [4.69, 9.17) is 0 Å². The molecule has 0 bridgehead atoms. The largest absolute Gasteiger partial charge is 0.310 e. The molecule has 0 aliphatic heterocycles. The molecule has 314 valence electrons. The molecule has 12 aromatic rings. The second kappa shape index (κ2) is 15.8. The third kappa shape index (κ3) is 6.18. The SMILES string of the molecule is c1ccc(-c2ccc(N(c3cccc(-c4ccc5c(c4)c4ccccc4n5-c4cccc5ccccc45)c3)c3ccc4c(c3)C(c3ccccc3)(c3ccccc3)c3ccccc3-4)cc2)cc1. The van der Waals surface area contributed by atoms with Crippen molar-refractivity contribution in [2.75, 3.05) is 4.90 Å². The molecular formula is C65H44N2. The predicted octanol–water partition coefficient (Wildman–Crippen LogP) is 17.1. The van der Waals surface area contributed by atoms with Gasteiger partial charge in [0.1, 0.15) is 0 Å². The molecule has 1 heterocycles. The highest BCUT2D eigenvalue weighted by molar-refractivity contribution is 6.11. The number of para-hydroxylation sites is 1. The first-order valence-corrected chi connectivity index (χ1v) is 23.2. The van der Waals surface area contributed by atoms with E-state index in [0.717, 1.165) is 22.6 Å². The summed E-state index contributed by atoms with van der Waals surface area (Å²) in [5.41, 5.74) is 18.7. The minimum atomic E-state index is -0.518. The number of aromatic nitrogens is 1. The zero-order valence-electron chi connectivity index (χ0n) is 36.8. The molecule has 0 unspecified atom stereocenters. The lowest BCUT2D eigenvalue weighted by Crippen LogP contribution is -2.28. The molecule has 1 aliphatic rings. The summed E-state index contributed by atoms with van der Waals surface area (Å²) in [6.07, 6.45) is 0. The zero-order chi connectivity index (χ0) is 44.3. The molecule has 0 radical (unpaired) electrons. The molecule has 0 atom stereocenters. The van der Waals surface area contributed by atoms with E-state index >= 15 is 0 Å². The lowest BCUT2D eigenvalue weighted by molar-refractivity contribution is 0.768. The third-order valence-corrected chi connectivity index (χ3v) is 14.1. The van der Waals surface area contributed by atoms with Crippen molar-refractivity contribution in [2.24, 2.45) is 0 Å². The van der Waals surface area contributed by atoms with Crippen LogP contribution in [0.3, 0.4) is 0 Å². The van der Waals surface area contributed by atoms with Crippen molar-refractivity contribution in [3.8, 4) is 39.1 Å². The fourth-order valence-corrected chi connectivity index (χ4v) is 11.1. The Labute approximate surface area is 390 Å². The van der Waals surface area contributed by atoms with Crippen LogP contribution in [0.4, 0.5) is 17.1 Å². The van der Waals surface area contributed by atoms with Gasteiger partial charge in [0.05, 0.1) is 22.1 Å². The van der Waals surface area contributed by atoms with Gasteiger partial charge in [-0.1, -0.05) is 206 Å². The van der Waals surface area contributed by atoms with E-state index in [0.29, 0.717) is 0 Å². The number of nitrogens with zero attached hydrogens (tertiary/aromatic N) is 2. The van der Waals surface area contributed by atoms with Gasteiger partial charge >= 0.3 is 0 Å². The lowest BCUT2D eigenvalue weighted by Gasteiger charge is -2.35. The second-order valence-electron chi connectivity index (χ2n) is 17.6. The average Bonchev–Trinajstić information content (AvgIpc) is 3.89. The summed E-state index contributed by atoms with van der Waals surface area (Å²) in [6.45, 7) is 0. The summed E-state index contributed by atoms with van der Waals surface area (Å²) >= 11 is 0. The van der Waals surface area contributed by atoms with Gasteiger partial charge < -0.3 is 9.47 Å². The molecule has 0 spiro atoms. The fraction of sp³-hybridized carbons (Fsp3) is 0.0154. The molecule has 67 heavy (non-hydrogen) atoms. The van der Waals surface area contributed by atoms with Gasteiger partial charge in [-0.05, 0) is 122 Å². The molecule has 1 aromatic heterocycles. The summed E-state index contributed by atoms with van der Waals surface area (Å²) in [4.78, 5) is 2.44. The zero-order valence-corrected chi connectivity index (χ0v) is 36.8. The molecular weight excluding hydrogens is 809 g/mol. The summed E-state index contributed by atoms with van der Waals surface area (Å²) < 4.78 is 2.44. The van der Waals surface area contributed by atoms with Gasteiger partial charge in [-0.25, -0.2) is 0 Å². The molecule has 11 aromatic carbocycles. The Morgan fingerprint density at radius 2 is 0.836 bits per heavy atom. The number of fused-ring (bicyclic) bond motifs is 7. The Balaban J connectivity index is 0.997. The van der Waals surface area contributed by atoms with Crippen LogP contribution in [0.15, 0.2) is 267 Å². The normalized spacial score (nSPS) is 12.6. The Bertz CT molecular complexity index is 3750. The smallest absolute Gasteiger partial charge is 0.0714 e. The van der Waals surface area contributed by atoms with E-state index in [-0.39, 0.29) is 0 Å². The van der Waals surface area contributed by atoms with Gasteiger partial charge in [0.15, 0.2) is 0 Å². The van der Waals surface area contributed by atoms with Crippen LogP contribution in [0.1, 0.15) is 22.3 Å². The number of anilines is 3. The van der Waals surface area contributed by atoms with E-state index in [1.807, 2.05) is 0 Å². The molecule has 0 fully saturated rings. The van der Waals surface area contributed by atoms with Crippen LogP contribution in [-0.4, -0.2) is 4.57 Å². The standard InChI is InChI=1S/C65H44N2/c1-4-18-45(19-5-1)46-34-37-52(38-35-46)66(54-39-40-57-56-29-12-14-31-60(56)65(61(57)44-54,50-23-6-2-7-24-50)51-25-8-3-9-26-51)53-27-16-22-48(42-53)49-36-41-64-59(43-49)58-30-13-15-32-63(58)67(64)62-33-17-21-47-20-10-11-28-55(47)62/h1-44H. The van der Waals surface area contributed by atoms with Crippen LogP contribution in [0.25, 0.3) is 71.6 Å². The van der Waals surface area contributed by atoms with Crippen LogP contribution >= 0.6 is 0 Å². The van der Waals surface area contributed by atoms with Crippen molar-refractivity contribution in [1.82, 2.24) is 4.57 Å². The molecule has 13 rings (SSSR count). The Morgan fingerprint density at radius 1 is 0.299 bits per heavy atom. The van der Waals surface area contributed by atoms with Gasteiger partial charge in [-0.2, -0.15) is 0 Å². The van der Waals surface area contributed by atoms with Crippen molar-refractivity contribution in [3.05, 3.63) is 289 Å². The molecule has 0 amide bonds. The first kappa shape index (κ1) is 38.7. The molecule has 1 aliphatic carbocycles. The number of rotatable bonds is 8. The van der Waals surface area contributed by atoms with Crippen molar-refractivity contribution in [1.29, 1.82) is 0 Å². The quantitative estimate of drug-likeness (QED) is 0.148. The number of hydrogen-bond acceptors (Lipinski definition) is 1. The maximum atomic E-state index is 2.46. The van der Waals surface area contributed by atoms with E-state index in [2.05, 4.69) is 276 Å². The molecule has 2 heteroatoms. The van der Waals surface area contributed by atoms with Crippen molar-refractivity contribution in [3.63, 3.8) is 0 Å². The summed E-state index contributed by atoms with van der Waals surface area (Å²) in [5.74, 6) is 0.